The van der Waals surface area contributed by atoms with Gasteiger partial charge < -0.3 is 50.0 Å². The quantitative estimate of drug-likeness (QED) is 0.0255. The normalized spacial score (nSPS) is 11.5. The van der Waals surface area contributed by atoms with E-state index in [0.29, 0.717) is 87.8 Å². The van der Waals surface area contributed by atoms with Gasteiger partial charge in [0.25, 0.3) is 5.91 Å². The maximum absolute atomic E-state index is 14.0. The molecule has 0 spiro atoms. The molecule has 26 heteroatoms. The topological polar surface area (TPSA) is 338 Å². The molecule has 26 nitrogen and oxygen atoms in total. The average Bonchev–Trinajstić information content (AvgIpc) is 4.27. The van der Waals surface area contributed by atoms with Crippen molar-refractivity contribution < 1.29 is 52.8 Å². The lowest BCUT2D eigenvalue weighted by Gasteiger charge is -2.14. The number of aromatic nitrogens is 11. The summed E-state index contributed by atoms with van der Waals surface area (Å²) in [6, 6.07) is 11.4. The number of esters is 1. The van der Waals surface area contributed by atoms with Gasteiger partial charge in [0.05, 0.1) is 54.4 Å². The first-order chi connectivity index (χ1) is 38.0. The van der Waals surface area contributed by atoms with Crippen LogP contribution < -0.4 is 31.6 Å². The van der Waals surface area contributed by atoms with Gasteiger partial charge in [-0.1, -0.05) is 12.2 Å². The summed E-state index contributed by atoms with van der Waals surface area (Å²) in [6.45, 7) is 12.8. The molecule has 0 bridgehead atoms. The molecule has 0 saturated carbocycles. The third kappa shape index (κ3) is 12.6. The number of hydrogen-bond acceptors (Lipinski definition) is 16. The molecule has 79 heavy (non-hydrogen) atoms. The number of benzene rings is 2. The van der Waals surface area contributed by atoms with Crippen LogP contribution in [0.2, 0.25) is 0 Å². The Balaban J connectivity index is 1.15. The molecule has 0 aliphatic heterocycles. The molecule has 0 unspecified atom stereocenters. The summed E-state index contributed by atoms with van der Waals surface area (Å²) in [7, 11) is 0. The fourth-order valence-electron chi connectivity index (χ4n) is 8.89. The number of allylic oxidation sites excluding steroid dienone is 2. The van der Waals surface area contributed by atoms with E-state index in [4.69, 9.17) is 50.5 Å². The van der Waals surface area contributed by atoms with Gasteiger partial charge >= 0.3 is 18.0 Å². The lowest BCUT2D eigenvalue weighted by Crippen LogP contribution is -2.27. The molecule has 0 aliphatic carbocycles. The standard InChI is InChI=1S/C53H61N15O11/c1-7-66-38(22-30(4)61-66)48-57-29-36-35-25-33(46(54)71)27-41(76-18-12-15-56-53(75)79-21-14-43(69)70)44(35)64(49(36)59-48)16-10-11-17-65-45-37(58-52(65)60-50(73)39-23-31(5)62-67(39)8-2)26-34(47(55)72)28-42(45)77-19-13-20-78-51(74)40-24-32(6)63-68(40)9-3/h10-11,22-29H,7-9,12-21H2,1-6H3,(H2,54,71)(H2,55,72)(H,56,75)(H,69,70)(H,58,60,73)/b11-10+. The maximum Gasteiger partial charge on any atom is 0.407 e. The van der Waals surface area contributed by atoms with Crippen LogP contribution >= 0.6 is 0 Å². The highest BCUT2D eigenvalue weighted by molar-refractivity contribution is 6.12. The summed E-state index contributed by atoms with van der Waals surface area (Å²) in [5.41, 5.74) is 17.1. The number of aliphatic carboxylic acids is 1. The number of carbonyl (C=O) groups excluding carboxylic acids is 5. The molecule has 0 atom stereocenters. The van der Waals surface area contributed by atoms with Gasteiger partial charge in [0.15, 0.2) is 5.82 Å². The van der Waals surface area contributed by atoms with E-state index < -0.39 is 35.8 Å². The Morgan fingerprint density at radius 1 is 0.658 bits per heavy atom. The molecule has 0 aliphatic rings. The van der Waals surface area contributed by atoms with Crippen LogP contribution in [0.1, 0.15) is 98.8 Å². The van der Waals surface area contributed by atoms with Crippen LogP contribution in [-0.2, 0) is 47.0 Å². The van der Waals surface area contributed by atoms with Crippen molar-refractivity contribution in [3.8, 4) is 23.0 Å². The number of carboxylic acid groups (broad SMARTS) is 1. The molecule has 4 amide bonds. The van der Waals surface area contributed by atoms with Gasteiger partial charge in [-0.05, 0) is 90.4 Å². The van der Waals surface area contributed by atoms with Crippen LogP contribution in [0, 0.1) is 20.8 Å². The zero-order valence-electron chi connectivity index (χ0n) is 44.6. The molecule has 6 aromatic heterocycles. The minimum atomic E-state index is -1.10. The predicted molar refractivity (Wildman–Crippen MR) is 288 cm³/mol. The summed E-state index contributed by atoms with van der Waals surface area (Å²) >= 11 is 0. The number of carboxylic acids is 1. The third-order valence-electron chi connectivity index (χ3n) is 12.5. The molecule has 2 aromatic carbocycles. The Morgan fingerprint density at radius 3 is 1.94 bits per heavy atom. The van der Waals surface area contributed by atoms with E-state index in [9.17, 15) is 28.8 Å². The highest BCUT2D eigenvalue weighted by atomic mass is 16.6. The number of carbonyl (C=O) groups is 6. The number of anilines is 1. The second-order valence-corrected chi connectivity index (χ2v) is 18.2. The van der Waals surface area contributed by atoms with Crippen molar-refractivity contribution >= 4 is 74.7 Å². The summed E-state index contributed by atoms with van der Waals surface area (Å²) in [5.74, 6) is -2.54. The number of imidazole rings is 1. The molecule has 0 saturated heterocycles. The van der Waals surface area contributed by atoms with E-state index >= 15 is 0 Å². The van der Waals surface area contributed by atoms with Crippen molar-refractivity contribution in [2.75, 3.05) is 38.3 Å². The number of ether oxygens (including phenoxy) is 4. The maximum atomic E-state index is 14.0. The number of aryl methyl sites for hydroxylation is 6. The fourth-order valence-corrected chi connectivity index (χ4v) is 8.89. The summed E-state index contributed by atoms with van der Waals surface area (Å²) in [6.07, 6.45) is 4.84. The highest BCUT2D eigenvalue weighted by Crippen LogP contribution is 2.37. The smallest absolute Gasteiger partial charge is 0.407 e. The van der Waals surface area contributed by atoms with Crippen molar-refractivity contribution in [3.05, 3.63) is 100 Å². The Morgan fingerprint density at radius 2 is 1.27 bits per heavy atom. The largest absolute Gasteiger partial charge is 0.491 e. The predicted octanol–water partition coefficient (Wildman–Crippen LogP) is 5.48. The van der Waals surface area contributed by atoms with E-state index in [1.54, 1.807) is 56.9 Å². The monoisotopic (exact) mass is 1080 g/mol. The second kappa shape index (κ2) is 24.6. The molecule has 414 valence electrons. The SMILES string of the molecule is CCn1nc(C)cc1C(=O)Nc1nc2cc(C(N)=O)cc(OCCCOC(=O)c3cc(C)nn3CC)c2n1C/C=C/Cn1c2nc(-c3cc(C)nn3CC)ncc2c2cc(C(N)=O)cc(OCCCNC(=O)OCCC(=O)O)c21. The van der Waals surface area contributed by atoms with E-state index in [1.807, 2.05) is 50.5 Å². The van der Waals surface area contributed by atoms with Crippen LogP contribution in [0.15, 0.2) is 60.8 Å². The lowest BCUT2D eigenvalue weighted by atomic mass is 10.1. The number of nitrogens with one attached hydrogen (secondary N) is 2. The Kier molecular flexibility index (Phi) is 17.3. The first-order valence-electron chi connectivity index (χ1n) is 25.6. The van der Waals surface area contributed by atoms with Gasteiger partial charge in [-0.15, -0.1) is 0 Å². The summed E-state index contributed by atoms with van der Waals surface area (Å²) in [5, 5.41) is 28.9. The third-order valence-corrected chi connectivity index (χ3v) is 12.5. The van der Waals surface area contributed by atoms with Gasteiger partial charge in [-0.3, -0.25) is 38.5 Å². The van der Waals surface area contributed by atoms with Crippen LogP contribution in [0.5, 0.6) is 11.5 Å². The van der Waals surface area contributed by atoms with Gasteiger partial charge in [0, 0.05) is 73.8 Å². The Labute approximate surface area is 451 Å². The van der Waals surface area contributed by atoms with Crippen LogP contribution in [0.3, 0.4) is 0 Å². The highest BCUT2D eigenvalue weighted by Gasteiger charge is 2.24. The van der Waals surface area contributed by atoms with E-state index in [0.717, 1.165) is 5.69 Å². The number of primary amides is 2. The number of nitrogens with zero attached hydrogens (tertiary/aromatic N) is 11. The molecule has 0 radical (unpaired) electrons. The fraction of sp³-hybridized carbons (Fsp3) is 0.358. The van der Waals surface area contributed by atoms with E-state index in [-0.39, 0.29) is 93.0 Å². The minimum Gasteiger partial charge on any atom is -0.491 e. The van der Waals surface area contributed by atoms with Gasteiger partial charge in [0.1, 0.15) is 46.4 Å². The number of nitrogens with two attached hydrogens (primary N) is 2. The van der Waals surface area contributed by atoms with Crippen molar-refractivity contribution in [1.82, 2.24) is 58.7 Å². The Bertz CT molecular complexity index is 3660. The summed E-state index contributed by atoms with van der Waals surface area (Å²) < 4.78 is 31.7. The number of alkyl carbamates (subject to hydrolysis) is 1. The Hall–Kier alpha value is -9.62. The zero-order valence-corrected chi connectivity index (χ0v) is 44.6. The lowest BCUT2D eigenvalue weighted by molar-refractivity contribution is -0.137. The van der Waals surface area contributed by atoms with Crippen molar-refractivity contribution in [2.24, 2.45) is 11.5 Å². The van der Waals surface area contributed by atoms with Gasteiger partial charge in [0.2, 0.25) is 17.8 Å². The molecule has 0 fully saturated rings. The van der Waals surface area contributed by atoms with Gasteiger partial charge in [-0.25, -0.2) is 24.5 Å². The molecular weight excluding hydrogens is 1020 g/mol. The average molecular weight is 1080 g/mol. The minimum absolute atomic E-state index is 0.0120. The molecule has 7 N–H and O–H groups in total. The molecule has 8 rings (SSSR count). The van der Waals surface area contributed by atoms with Crippen molar-refractivity contribution in [3.63, 3.8) is 0 Å². The number of amides is 4. The zero-order chi connectivity index (χ0) is 56.5. The molecule has 8 aromatic rings. The van der Waals surface area contributed by atoms with Crippen molar-refractivity contribution in [1.29, 1.82) is 0 Å². The van der Waals surface area contributed by atoms with E-state index in [1.165, 1.54) is 18.2 Å². The molecule has 6 heterocycles. The first kappa shape index (κ1) is 55.6. The van der Waals surface area contributed by atoms with Crippen LogP contribution in [0.25, 0.3) is 44.5 Å². The van der Waals surface area contributed by atoms with Gasteiger partial charge in [-0.2, -0.15) is 15.3 Å². The number of rotatable bonds is 26. The van der Waals surface area contributed by atoms with Crippen molar-refractivity contribution in [2.45, 2.75) is 93.5 Å². The second-order valence-electron chi connectivity index (χ2n) is 18.2. The first-order valence-corrected chi connectivity index (χ1v) is 25.6. The van der Waals surface area contributed by atoms with Crippen LogP contribution in [-0.4, -0.2) is 127 Å². The number of hydrogen-bond donors (Lipinski definition) is 5. The summed E-state index contributed by atoms with van der Waals surface area (Å²) in [4.78, 5) is 90.2. The van der Waals surface area contributed by atoms with Crippen LogP contribution in [0.4, 0.5) is 10.7 Å². The van der Waals surface area contributed by atoms with E-state index in [2.05, 4.69) is 25.9 Å². The molecular formula is C53H61N15O11. The number of fused-ring (bicyclic) bond motifs is 4.